The third-order valence-electron chi connectivity index (χ3n) is 3.30. The standard InChI is InChI=1S/C16H19NO/c1-11-9-15(16(18-4)10-12(11)2)13-5-7-14(17-3)8-6-13/h5-10,17H,1-4H3. The maximum absolute atomic E-state index is 5.48. The Hall–Kier alpha value is -1.96. The van der Waals surface area contributed by atoms with Crippen molar-refractivity contribution in [3.63, 3.8) is 0 Å². The monoisotopic (exact) mass is 241 g/mol. The second kappa shape index (κ2) is 5.13. The van der Waals surface area contributed by atoms with Crippen LogP contribution in [-0.2, 0) is 0 Å². The number of hydrogen-bond donors (Lipinski definition) is 1. The van der Waals surface area contributed by atoms with Crippen LogP contribution in [0.25, 0.3) is 11.1 Å². The molecule has 0 aliphatic carbocycles. The number of aryl methyl sites for hydroxylation is 2. The van der Waals surface area contributed by atoms with Crippen LogP contribution in [-0.4, -0.2) is 14.2 Å². The molecule has 2 heteroatoms. The maximum atomic E-state index is 5.48. The van der Waals surface area contributed by atoms with E-state index in [1.807, 2.05) is 7.05 Å². The maximum Gasteiger partial charge on any atom is 0.126 e. The average molecular weight is 241 g/mol. The highest BCUT2D eigenvalue weighted by Crippen LogP contribution is 2.33. The van der Waals surface area contributed by atoms with Gasteiger partial charge in [0.2, 0.25) is 0 Å². The number of hydrogen-bond acceptors (Lipinski definition) is 2. The Labute approximate surface area is 109 Å². The summed E-state index contributed by atoms with van der Waals surface area (Å²) in [4.78, 5) is 0. The van der Waals surface area contributed by atoms with E-state index in [0.717, 1.165) is 17.0 Å². The first-order chi connectivity index (χ1) is 8.65. The molecule has 0 atom stereocenters. The number of methoxy groups -OCH3 is 1. The van der Waals surface area contributed by atoms with Crippen molar-refractivity contribution in [3.05, 3.63) is 47.5 Å². The van der Waals surface area contributed by atoms with E-state index in [2.05, 4.69) is 55.6 Å². The van der Waals surface area contributed by atoms with Gasteiger partial charge in [-0.25, -0.2) is 0 Å². The highest BCUT2D eigenvalue weighted by atomic mass is 16.5. The summed E-state index contributed by atoms with van der Waals surface area (Å²) in [7, 11) is 3.64. The molecule has 0 amide bonds. The zero-order valence-electron chi connectivity index (χ0n) is 11.4. The Morgan fingerprint density at radius 2 is 1.56 bits per heavy atom. The lowest BCUT2D eigenvalue weighted by Gasteiger charge is -2.12. The molecule has 2 aromatic rings. The highest BCUT2D eigenvalue weighted by Gasteiger charge is 2.08. The number of benzene rings is 2. The van der Waals surface area contributed by atoms with Gasteiger partial charge in [0.05, 0.1) is 7.11 Å². The number of rotatable bonds is 3. The second-order valence-electron chi connectivity index (χ2n) is 4.46. The van der Waals surface area contributed by atoms with Gasteiger partial charge in [-0.15, -0.1) is 0 Å². The fraction of sp³-hybridized carbons (Fsp3) is 0.250. The summed E-state index contributed by atoms with van der Waals surface area (Å²) in [6, 6.07) is 12.6. The molecule has 0 unspecified atom stereocenters. The topological polar surface area (TPSA) is 21.3 Å². The van der Waals surface area contributed by atoms with Crippen molar-refractivity contribution in [2.75, 3.05) is 19.5 Å². The third-order valence-corrected chi connectivity index (χ3v) is 3.30. The molecule has 0 saturated heterocycles. The molecule has 2 aromatic carbocycles. The Morgan fingerprint density at radius 1 is 0.944 bits per heavy atom. The van der Waals surface area contributed by atoms with E-state index in [4.69, 9.17) is 4.74 Å². The first-order valence-electron chi connectivity index (χ1n) is 6.09. The molecule has 2 rings (SSSR count). The van der Waals surface area contributed by atoms with Crippen LogP contribution in [0.2, 0.25) is 0 Å². The summed E-state index contributed by atoms with van der Waals surface area (Å²) in [6.07, 6.45) is 0. The summed E-state index contributed by atoms with van der Waals surface area (Å²) in [6.45, 7) is 4.23. The molecule has 0 aliphatic heterocycles. The molecule has 0 heterocycles. The summed E-state index contributed by atoms with van der Waals surface area (Å²) in [5.41, 5.74) is 5.96. The molecule has 0 spiro atoms. The lowest BCUT2D eigenvalue weighted by atomic mass is 9.99. The molecule has 0 radical (unpaired) electrons. The number of ether oxygens (including phenoxy) is 1. The van der Waals surface area contributed by atoms with Gasteiger partial charge >= 0.3 is 0 Å². The lowest BCUT2D eigenvalue weighted by molar-refractivity contribution is 0.416. The van der Waals surface area contributed by atoms with Gasteiger partial charge in [-0.1, -0.05) is 12.1 Å². The van der Waals surface area contributed by atoms with Crippen molar-refractivity contribution in [2.45, 2.75) is 13.8 Å². The molecule has 0 aliphatic rings. The van der Waals surface area contributed by atoms with E-state index in [-0.39, 0.29) is 0 Å². The van der Waals surface area contributed by atoms with Crippen LogP contribution in [0.5, 0.6) is 5.75 Å². The molecular weight excluding hydrogens is 222 g/mol. The van der Waals surface area contributed by atoms with Crippen molar-refractivity contribution in [3.8, 4) is 16.9 Å². The Bertz CT molecular complexity index is 544. The van der Waals surface area contributed by atoms with Gasteiger partial charge in [0.15, 0.2) is 0 Å². The van der Waals surface area contributed by atoms with E-state index in [9.17, 15) is 0 Å². The van der Waals surface area contributed by atoms with Crippen molar-refractivity contribution in [2.24, 2.45) is 0 Å². The minimum Gasteiger partial charge on any atom is -0.496 e. The summed E-state index contributed by atoms with van der Waals surface area (Å²) >= 11 is 0. The normalized spacial score (nSPS) is 10.2. The predicted octanol–water partition coefficient (Wildman–Crippen LogP) is 4.02. The number of anilines is 1. The van der Waals surface area contributed by atoms with E-state index in [1.54, 1.807) is 7.11 Å². The van der Waals surface area contributed by atoms with Gasteiger partial charge < -0.3 is 10.1 Å². The first kappa shape index (κ1) is 12.5. The fourth-order valence-electron chi connectivity index (χ4n) is 2.00. The van der Waals surface area contributed by atoms with Gasteiger partial charge in [-0.2, -0.15) is 0 Å². The molecule has 18 heavy (non-hydrogen) atoms. The third kappa shape index (κ3) is 2.33. The molecule has 0 bridgehead atoms. The summed E-state index contributed by atoms with van der Waals surface area (Å²) in [5.74, 6) is 0.926. The molecule has 1 N–H and O–H groups in total. The van der Waals surface area contributed by atoms with Crippen LogP contribution in [0.3, 0.4) is 0 Å². The average Bonchev–Trinajstić information content (AvgIpc) is 2.41. The lowest BCUT2D eigenvalue weighted by Crippen LogP contribution is -1.92. The first-order valence-corrected chi connectivity index (χ1v) is 6.09. The minimum absolute atomic E-state index is 0.926. The van der Waals surface area contributed by atoms with Gasteiger partial charge in [0.1, 0.15) is 5.75 Å². The molecule has 2 nitrogen and oxygen atoms in total. The zero-order valence-corrected chi connectivity index (χ0v) is 11.4. The van der Waals surface area contributed by atoms with E-state index in [0.29, 0.717) is 0 Å². The number of nitrogens with one attached hydrogen (secondary N) is 1. The van der Waals surface area contributed by atoms with Crippen LogP contribution in [0.15, 0.2) is 36.4 Å². The van der Waals surface area contributed by atoms with Crippen LogP contribution in [0.1, 0.15) is 11.1 Å². The zero-order chi connectivity index (χ0) is 13.1. The smallest absolute Gasteiger partial charge is 0.126 e. The van der Waals surface area contributed by atoms with Gasteiger partial charge in [0, 0.05) is 18.3 Å². The minimum atomic E-state index is 0.926. The molecule has 0 saturated carbocycles. The van der Waals surface area contributed by atoms with Gasteiger partial charge in [-0.05, 0) is 54.8 Å². The molecule has 0 fully saturated rings. The summed E-state index contributed by atoms with van der Waals surface area (Å²) < 4.78 is 5.48. The van der Waals surface area contributed by atoms with E-state index in [1.165, 1.54) is 16.7 Å². The molecule has 94 valence electrons. The highest BCUT2D eigenvalue weighted by molar-refractivity contribution is 5.73. The summed E-state index contributed by atoms with van der Waals surface area (Å²) in [5, 5.41) is 3.12. The van der Waals surface area contributed by atoms with Crippen molar-refractivity contribution in [1.29, 1.82) is 0 Å². The van der Waals surface area contributed by atoms with Crippen LogP contribution in [0, 0.1) is 13.8 Å². The predicted molar refractivity (Wildman–Crippen MR) is 77.5 cm³/mol. The van der Waals surface area contributed by atoms with E-state index >= 15 is 0 Å². The van der Waals surface area contributed by atoms with Crippen LogP contribution < -0.4 is 10.1 Å². The van der Waals surface area contributed by atoms with Crippen molar-refractivity contribution in [1.82, 2.24) is 0 Å². The van der Waals surface area contributed by atoms with Gasteiger partial charge in [0.25, 0.3) is 0 Å². The van der Waals surface area contributed by atoms with Gasteiger partial charge in [-0.3, -0.25) is 0 Å². The van der Waals surface area contributed by atoms with Crippen LogP contribution >= 0.6 is 0 Å². The molecular formula is C16H19NO. The second-order valence-corrected chi connectivity index (χ2v) is 4.46. The van der Waals surface area contributed by atoms with Crippen molar-refractivity contribution >= 4 is 5.69 Å². The molecule has 0 aromatic heterocycles. The van der Waals surface area contributed by atoms with Crippen molar-refractivity contribution < 1.29 is 4.74 Å². The largest absolute Gasteiger partial charge is 0.496 e. The van der Waals surface area contributed by atoms with Crippen LogP contribution in [0.4, 0.5) is 5.69 Å². The quantitative estimate of drug-likeness (QED) is 0.876. The SMILES string of the molecule is CNc1ccc(-c2cc(C)c(C)cc2OC)cc1. The Balaban J connectivity index is 2.51. The Kier molecular flexibility index (Phi) is 3.56. The van der Waals surface area contributed by atoms with E-state index < -0.39 is 0 Å². The Morgan fingerprint density at radius 3 is 2.11 bits per heavy atom. The fourth-order valence-corrected chi connectivity index (χ4v) is 2.00.